The molecule has 0 bridgehead atoms. The Labute approximate surface area is 120 Å². The number of carbonyl (C=O) groups is 1. The third kappa shape index (κ3) is 3.16. The fourth-order valence-electron chi connectivity index (χ4n) is 1.58. The minimum Gasteiger partial charge on any atom is -0.495 e. The number of benzene rings is 1. The van der Waals surface area contributed by atoms with Crippen molar-refractivity contribution in [1.82, 2.24) is 0 Å². The number of primary sulfonamides is 1. The van der Waals surface area contributed by atoms with Crippen molar-refractivity contribution in [2.75, 3.05) is 12.4 Å². The van der Waals surface area contributed by atoms with Gasteiger partial charge in [-0.1, -0.05) is 6.07 Å². The van der Waals surface area contributed by atoms with E-state index in [0.29, 0.717) is 10.6 Å². The van der Waals surface area contributed by atoms with Crippen molar-refractivity contribution < 1.29 is 17.9 Å². The van der Waals surface area contributed by atoms with Gasteiger partial charge in [0.15, 0.2) is 0 Å². The van der Waals surface area contributed by atoms with Crippen LogP contribution >= 0.6 is 11.3 Å². The number of amides is 1. The summed E-state index contributed by atoms with van der Waals surface area (Å²) in [5.41, 5.74) is 0.327. The zero-order valence-corrected chi connectivity index (χ0v) is 12.1. The predicted octanol–water partition coefficient (Wildman–Crippen LogP) is 1.66. The van der Waals surface area contributed by atoms with Crippen molar-refractivity contribution in [3.63, 3.8) is 0 Å². The molecule has 20 heavy (non-hydrogen) atoms. The molecule has 6 nitrogen and oxygen atoms in total. The van der Waals surface area contributed by atoms with Gasteiger partial charge in [0.05, 0.1) is 12.0 Å². The number of hydrogen-bond donors (Lipinski definition) is 2. The SMILES string of the molecule is COc1ccc(NC(=O)c2cccs2)cc1S(N)(=O)=O. The lowest BCUT2D eigenvalue weighted by atomic mass is 10.3. The number of anilines is 1. The Bertz CT molecular complexity index is 724. The first-order chi connectivity index (χ1) is 9.41. The Morgan fingerprint density at radius 1 is 1.35 bits per heavy atom. The molecule has 2 aromatic rings. The number of thiophene rings is 1. The van der Waals surface area contributed by atoms with Gasteiger partial charge in [-0.25, -0.2) is 13.6 Å². The van der Waals surface area contributed by atoms with E-state index in [4.69, 9.17) is 9.88 Å². The number of nitrogens with two attached hydrogens (primary N) is 1. The molecule has 3 N–H and O–H groups in total. The molecule has 1 aromatic carbocycles. The van der Waals surface area contributed by atoms with Gasteiger partial charge in [-0.15, -0.1) is 11.3 Å². The molecule has 0 unspecified atom stereocenters. The lowest BCUT2D eigenvalue weighted by Gasteiger charge is -2.09. The molecule has 0 saturated carbocycles. The molecule has 0 fully saturated rings. The number of ether oxygens (including phenoxy) is 1. The molecular weight excluding hydrogens is 300 g/mol. The maximum atomic E-state index is 11.9. The highest BCUT2D eigenvalue weighted by Crippen LogP contribution is 2.26. The molecule has 1 aromatic heterocycles. The number of rotatable bonds is 4. The third-order valence-corrected chi connectivity index (χ3v) is 4.27. The normalized spacial score (nSPS) is 11.1. The number of carbonyl (C=O) groups excluding carboxylic acids is 1. The van der Waals surface area contributed by atoms with Crippen LogP contribution in [-0.2, 0) is 10.0 Å². The van der Waals surface area contributed by atoms with E-state index in [1.165, 1.54) is 30.6 Å². The second-order valence-electron chi connectivity index (χ2n) is 3.84. The van der Waals surface area contributed by atoms with Crippen molar-refractivity contribution in [1.29, 1.82) is 0 Å². The van der Waals surface area contributed by atoms with Gasteiger partial charge in [0, 0.05) is 5.69 Å². The van der Waals surface area contributed by atoms with Crippen LogP contribution in [0.15, 0.2) is 40.6 Å². The van der Waals surface area contributed by atoms with Crippen LogP contribution in [0.1, 0.15) is 9.67 Å². The van der Waals surface area contributed by atoms with Gasteiger partial charge in [-0.3, -0.25) is 4.79 Å². The zero-order chi connectivity index (χ0) is 14.8. The number of nitrogens with one attached hydrogen (secondary N) is 1. The standard InChI is InChI=1S/C12H12N2O4S2/c1-18-9-5-4-8(7-11(9)20(13,16)17)14-12(15)10-3-2-6-19-10/h2-7H,1H3,(H,14,15)(H2,13,16,17). The Morgan fingerprint density at radius 3 is 2.65 bits per heavy atom. The van der Waals surface area contributed by atoms with Crippen molar-refractivity contribution >= 4 is 33.0 Å². The summed E-state index contributed by atoms with van der Waals surface area (Å²) < 4.78 is 27.9. The lowest BCUT2D eigenvalue weighted by molar-refractivity contribution is 0.103. The molecule has 0 atom stereocenters. The van der Waals surface area contributed by atoms with E-state index in [2.05, 4.69) is 5.32 Å². The van der Waals surface area contributed by atoms with E-state index in [-0.39, 0.29) is 16.6 Å². The van der Waals surface area contributed by atoms with E-state index in [1.54, 1.807) is 23.6 Å². The molecular formula is C12H12N2O4S2. The van der Waals surface area contributed by atoms with Gasteiger partial charge in [0.2, 0.25) is 10.0 Å². The van der Waals surface area contributed by atoms with Crippen molar-refractivity contribution in [3.05, 3.63) is 40.6 Å². The Morgan fingerprint density at radius 2 is 2.10 bits per heavy atom. The number of sulfonamides is 1. The van der Waals surface area contributed by atoms with Crippen molar-refractivity contribution in [2.45, 2.75) is 4.90 Å². The summed E-state index contributed by atoms with van der Waals surface area (Å²) in [5.74, 6) is -0.188. The van der Waals surface area contributed by atoms with E-state index < -0.39 is 10.0 Å². The highest BCUT2D eigenvalue weighted by molar-refractivity contribution is 7.89. The molecule has 0 radical (unpaired) electrons. The van der Waals surface area contributed by atoms with Crippen LogP contribution in [0.2, 0.25) is 0 Å². The first kappa shape index (κ1) is 14.5. The summed E-state index contributed by atoms with van der Waals surface area (Å²) in [4.78, 5) is 12.2. The molecule has 8 heteroatoms. The van der Waals surface area contributed by atoms with E-state index in [9.17, 15) is 13.2 Å². The maximum absolute atomic E-state index is 11.9. The van der Waals surface area contributed by atoms with Gasteiger partial charge in [-0.2, -0.15) is 0 Å². The molecule has 0 aliphatic rings. The summed E-state index contributed by atoms with van der Waals surface area (Å²) in [7, 11) is -2.59. The summed E-state index contributed by atoms with van der Waals surface area (Å²) in [6, 6.07) is 7.66. The topological polar surface area (TPSA) is 98.5 Å². The molecule has 0 saturated heterocycles. The maximum Gasteiger partial charge on any atom is 0.265 e. The Hall–Kier alpha value is -1.90. The number of methoxy groups -OCH3 is 1. The average Bonchev–Trinajstić information content (AvgIpc) is 2.91. The first-order valence-electron chi connectivity index (χ1n) is 5.47. The van der Waals surface area contributed by atoms with E-state index >= 15 is 0 Å². The summed E-state index contributed by atoms with van der Waals surface area (Å²) in [5, 5.41) is 9.49. The van der Waals surface area contributed by atoms with Crippen LogP contribution < -0.4 is 15.2 Å². The van der Waals surface area contributed by atoms with Gasteiger partial charge in [-0.05, 0) is 29.6 Å². The summed E-state index contributed by atoms with van der Waals surface area (Å²) in [6.45, 7) is 0. The van der Waals surface area contributed by atoms with Gasteiger partial charge in [0.25, 0.3) is 5.91 Å². The fourth-order valence-corrected chi connectivity index (χ4v) is 2.92. The Kier molecular flexibility index (Phi) is 4.07. The number of hydrogen-bond acceptors (Lipinski definition) is 5. The van der Waals surface area contributed by atoms with Gasteiger partial charge in [0.1, 0.15) is 10.6 Å². The van der Waals surface area contributed by atoms with Crippen molar-refractivity contribution in [3.8, 4) is 5.75 Å². The highest BCUT2D eigenvalue weighted by atomic mass is 32.2. The van der Waals surface area contributed by atoms with Crippen LogP contribution in [0.25, 0.3) is 0 Å². The zero-order valence-electron chi connectivity index (χ0n) is 10.5. The van der Waals surface area contributed by atoms with E-state index in [0.717, 1.165) is 0 Å². The molecule has 2 rings (SSSR count). The van der Waals surface area contributed by atoms with Crippen LogP contribution in [-0.4, -0.2) is 21.4 Å². The first-order valence-corrected chi connectivity index (χ1v) is 7.90. The molecule has 1 heterocycles. The highest BCUT2D eigenvalue weighted by Gasteiger charge is 2.16. The van der Waals surface area contributed by atoms with Crippen LogP contribution in [0.3, 0.4) is 0 Å². The average molecular weight is 312 g/mol. The van der Waals surface area contributed by atoms with Crippen LogP contribution in [0.5, 0.6) is 5.75 Å². The van der Waals surface area contributed by atoms with Crippen LogP contribution in [0, 0.1) is 0 Å². The minimum absolute atomic E-state index is 0.127. The second-order valence-corrected chi connectivity index (χ2v) is 6.32. The summed E-state index contributed by atoms with van der Waals surface area (Å²) >= 11 is 1.29. The quantitative estimate of drug-likeness (QED) is 0.897. The minimum atomic E-state index is -3.93. The molecule has 1 amide bonds. The predicted molar refractivity (Wildman–Crippen MR) is 76.6 cm³/mol. The molecule has 106 valence electrons. The fraction of sp³-hybridized carbons (Fsp3) is 0.0833. The lowest BCUT2D eigenvalue weighted by Crippen LogP contribution is -2.15. The molecule has 0 spiro atoms. The second kappa shape index (κ2) is 5.61. The van der Waals surface area contributed by atoms with Gasteiger partial charge >= 0.3 is 0 Å². The van der Waals surface area contributed by atoms with E-state index in [1.807, 2.05) is 0 Å². The molecule has 0 aliphatic heterocycles. The largest absolute Gasteiger partial charge is 0.495 e. The monoisotopic (exact) mass is 312 g/mol. The summed E-state index contributed by atoms with van der Waals surface area (Å²) in [6.07, 6.45) is 0. The third-order valence-electron chi connectivity index (χ3n) is 2.47. The smallest absolute Gasteiger partial charge is 0.265 e. The van der Waals surface area contributed by atoms with Crippen LogP contribution in [0.4, 0.5) is 5.69 Å². The Balaban J connectivity index is 2.33. The van der Waals surface area contributed by atoms with Crippen molar-refractivity contribution in [2.24, 2.45) is 5.14 Å². The molecule has 0 aliphatic carbocycles. The van der Waals surface area contributed by atoms with Gasteiger partial charge < -0.3 is 10.1 Å².